The molecular formula is C6H4N4O3S. The van der Waals surface area contributed by atoms with Crippen LogP contribution < -0.4 is 5.73 Å². The van der Waals surface area contributed by atoms with E-state index in [2.05, 4.69) is 0 Å². The molecule has 8 heteroatoms. The molecule has 0 fully saturated rings. The maximum atomic E-state index is 10.7. The second-order valence-corrected chi connectivity index (χ2v) is 3.67. The molecule has 0 unspecified atom stereocenters. The average Bonchev–Trinajstić information content (AvgIpc) is 2.40. The quantitative estimate of drug-likeness (QED) is 0.539. The second kappa shape index (κ2) is 3.03. The van der Waals surface area contributed by atoms with Crippen molar-refractivity contribution in [3.8, 4) is 12.1 Å². The van der Waals surface area contributed by atoms with Crippen molar-refractivity contribution in [3.05, 3.63) is 11.1 Å². The Kier molecular flexibility index (Phi) is 2.18. The Balaban J connectivity index is 3.69. The van der Waals surface area contributed by atoms with Gasteiger partial charge in [-0.15, -0.1) is 0 Å². The normalized spacial score (nSPS) is 10.5. The summed E-state index contributed by atoms with van der Waals surface area (Å²) in [5, 5.41) is 16.3. The van der Waals surface area contributed by atoms with E-state index in [9.17, 15) is 8.42 Å². The maximum absolute atomic E-state index is 10.7. The molecule has 1 heterocycles. The number of hydrogen-bond donors (Lipinski definition) is 3. The van der Waals surface area contributed by atoms with Gasteiger partial charge in [0.05, 0.1) is 0 Å². The molecule has 0 aliphatic carbocycles. The minimum Gasteiger partial charge on any atom is -0.384 e. The Labute approximate surface area is 79.1 Å². The topological polar surface area (TPSA) is 144 Å². The van der Waals surface area contributed by atoms with Gasteiger partial charge in [-0.05, 0) is 0 Å². The van der Waals surface area contributed by atoms with Crippen molar-refractivity contribution in [1.29, 1.82) is 10.5 Å². The molecule has 1 aromatic heterocycles. The first-order chi connectivity index (χ1) is 6.41. The largest absolute Gasteiger partial charge is 0.384 e. The molecule has 1 rings (SSSR count). The van der Waals surface area contributed by atoms with E-state index in [4.69, 9.17) is 20.8 Å². The molecule has 1 aromatic rings. The number of hydrogen-bond acceptors (Lipinski definition) is 5. The molecular weight excluding hydrogens is 208 g/mol. The zero-order valence-electron chi connectivity index (χ0n) is 6.64. The highest BCUT2D eigenvalue weighted by molar-refractivity contribution is 7.85. The van der Waals surface area contributed by atoms with Crippen molar-refractivity contribution in [1.82, 2.24) is 4.98 Å². The van der Waals surface area contributed by atoms with Crippen molar-refractivity contribution < 1.29 is 13.0 Å². The van der Waals surface area contributed by atoms with Crippen LogP contribution in [0.3, 0.4) is 0 Å². The van der Waals surface area contributed by atoms with Gasteiger partial charge in [-0.3, -0.25) is 4.55 Å². The van der Waals surface area contributed by atoms with Gasteiger partial charge in [-0.2, -0.15) is 18.9 Å². The van der Waals surface area contributed by atoms with Crippen molar-refractivity contribution in [2.24, 2.45) is 0 Å². The van der Waals surface area contributed by atoms with Crippen LogP contribution in [0.4, 0.5) is 5.82 Å². The first kappa shape index (κ1) is 10.1. The lowest BCUT2D eigenvalue weighted by atomic mass is 10.2. The van der Waals surface area contributed by atoms with Crippen LogP contribution in [0.15, 0.2) is 5.03 Å². The smallest absolute Gasteiger partial charge is 0.311 e. The van der Waals surface area contributed by atoms with E-state index in [0.717, 1.165) is 0 Å². The minimum absolute atomic E-state index is 0.267. The van der Waals surface area contributed by atoms with Crippen molar-refractivity contribution in [3.63, 3.8) is 0 Å². The number of aromatic amines is 1. The second-order valence-electron chi connectivity index (χ2n) is 2.32. The average molecular weight is 212 g/mol. The maximum Gasteiger partial charge on any atom is 0.311 e. The molecule has 0 bridgehead atoms. The third-order valence-electron chi connectivity index (χ3n) is 1.48. The van der Waals surface area contributed by atoms with E-state index in [0.29, 0.717) is 0 Å². The summed E-state index contributed by atoms with van der Waals surface area (Å²) >= 11 is 0. The number of rotatable bonds is 1. The Hall–Kier alpha value is -2.03. The molecule has 0 aliphatic heterocycles. The predicted octanol–water partition coefficient (Wildman–Crippen LogP) is -0.413. The SMILES string of the molecule is N#Cc1c(N)[nH]c(S(=O)(=O)O)c1C#N. The number of H-pyrrole nitrogens is 1. The van der Waals surface area contributed by atoms with Gasteiger partial charge in [-0.25, -0.2) is 0 Å². The number of aromatic nitrogens is 1. The summed E-state index contributed by atoms with van der Waals surface area (Å²) in [5.41, 5.74) is 4.45. The molecule has 0 atom stereocenters. The summed E-state index contributed by atoms with van der Waals surface area (Å²) in [7, 11) is -4.57. The lowest BCUT2D eigenvalue weighted by Gasteiger charge is -1.90. The molecule has 0 amide bonds. The van der Waals surface area contributed by atoms with Crippen LogP contribution in [0.5, 0.6) is 0 Å². The Morgan fingerprint density at radius 2 is 1.79 bits per heavy atom. The Bertz CT molecular complexity index is 557. The molecule has 4 N–H and O–H groups in total. The first-order valence-electron chi connectivity index (χ1n) is 3.21. The highest BCUT2D eigenvalue weighted by Crippen LogP contribution is 2.22. The van der Waals surface area contributed by atoms with E-state index in [-0.39, 0.29) is 11.4 Å². The molecule has 7 nitrogen and oxygen atoms in total. The summed E-state index contributed by atoms with van der Waals surface area (Å²) in [6.07, 6.45) is 0. The Morgan fingerprint density at radius 3 is 2.14 bits per heavy atom. The summed E-state index contributed by atoms with van der Waals surface area (Å²) in [5.74, 6) is -0.267. The van der Waals surface area contributed by atoms with Crippen LogP contribution in [-0.2, 0) is 10.1 Å². The summed E-state index contributed by atoms with van der Waals surface area (Å²) < 4.78 is 30.1. The third-order valence-corrected chi connectivity index (χ3v) is 2.30. The van der Waals surface area contributed by atoms with Crippen molar-refractivity contribution in [2.75, 3.05) is 5.73 Å². The number of nitrogens with one attached hydrogen (secondary N) is 1. The molecule has 14 heavy (non-hydrogen) atoms. The number of nitriles is 2. The van der Waals surface area contributed by atoms with Gasteiger partial charge in [-0.1, -0.05) is 0 Å². The molecule has 0 spiro atoms. The summed E-state index contributed by atoms with van der Waals surface area (Å²) in [4.78, 5) is 2.05. The highest BCUT2D eigenvalue weighted by Gasteiger charge is 2.23. The van der Waals surface area contributed by atoms with E-state index in [1.165, 1.54) is 6.07 Å². The summed E-state index contributed by atoms with van der Waals surface area (Å²) in [6.45, 7) is 0. The third kappa shape index (κ3) is 1.40. The summed E-state index contributed by atoms with van der Waals surface area (Å²) in [6, 6.07) is 3.02. The zero-order chi connectivity index (χ0) is 10.9. The highest BCUT2D eigenvalue weighted by atomic mass is 32.2. The van der Waals surface area contributed by atoms with Crippen molar-refractivity contribution in [2.45, 2.75) is 5.03 Å². The van der Waals surface area contributed by atoms with Gasteiger partial charge in [0.1, 0.15) is 29.1 Å². The molecule has 0 aliphatic rings. The van der Waals surface area contributed by atoms with Gasteiger partial charge in [0.25, 0.3) is 0 Å². The Morgan fingerprint density at radius 1 is 1.29 bits per heavy atom. The van der Waals surface area contributed by atoms with Crippen LogP contribution in [-0.4, -0.2) is 18.0 Å². The van der Waals surface area contributed by atoms with E-state index < -0.39 is 20.7 Å². The predicted molar refractivity (Wildman–Crippen MR) is 44.4 cm³/mol. The van der Waals surface area contributed by atoms with Crippen LogP contribution in [0.2, 0.25) is 0 Å². The van der Waals surface area contributed by atoms with E-state index in [1.54, 1.807) is 6.07 Å². The minimum atomic E-state index is -4.57. The van der Waals surface area contributed by atoms with E-state index >= 15 is 0 Å². The lowest BCUT2D eigenvalue weighted by Crippen LogP contribution is -2.01. The fourth-order valence-corrected chi connectivity index (χ4v) is 1.56. The number of nitrogens with two attached hydrogens (primary N) is 1. The fraction of sp³-hybridized carbons (Fsp3) is 0. The van der Waals surface area contributed by atoms with Crippen LogP contribution in [0, 0.1) is 22.7 Å². The monoisotopic (exact) mass is 212 g/mol. The van der Waals surface area contributed by atoms with Gasteiger partial charge < -0.3 is 10.7 Å². The standard InChI is InChI=1S/C6H4N4O3S/c7-1-3-4(2-8)6(10-5(3)9)14(11,12)13/h10H,9H2,(H,11,12,13). The van der Waals surface area contributed by atoms with Gasteiger partial charge in [0, 0.05) is 0 Å². The zero-order valence-corrected chi connectivity index (χ0v) is 7.46. The van der Waals surface area contributed by atoms with Gasteiger partial charge in [0.15, 0.2) is 5.03 Å². The van der Waals surface area contributed by atoms with E-state index in [1.807, 2.05) is 4.98 Å². The molecule has 0 radical (unpaired) electrons. The number of nitrogens with zero attached hydrogens (tertiary/aromatic N) is 2. The first-order valence-corrected chi connectivity index (χ1v) is 4.65. The van der Waals surface area contributed by atoms with Gasteiger partial charge >= 0.3 is 10.1 Å². The number of anilines is 1. The van der Waals surface area contributed by atoms with Crippen LogP contribution >= 0.6 is 0 Å². The molecule has 0 saturated carbocycles. The van der Waals surface area contributed by atoms with Gasteiger partial charge in [0.2, 0.25) is 0 Å². The number of nitrogen functional groups attached to an aromatic ring is 1. The molecule has 0 aromatic carbocycles. The fourth-order valence-electron chi connectivity index (χ4n) is 0.912. The van der Waals surface area contributed by atoms with Crippen LogP contribution in [0.1, 0.15) is 11.1 Å². The van der Waals surface area contributed by atoms with Crippen LogP contribution in [0.25, 0.3) is 0 Å². The van der Waals surface area contributed by atoms with Crippen molar-refractivity contribution >= 4 is 15.9 Å². The lowest BCUT2D eigenvalue weighted by molar-refractivity contribution is 0.479. The molecule has 72 valence electrons. The molecule has 0 saturated heterocycles.